The number of aryl methyl sites for hydroxylation is 3. The molecule has 0 aliphatic heterocycles. The fourth-order valence-corrected chi connectivity index (χ4v) is 5.11. The molecule has 0 aliphatic rings. The van der Waals surface area contributed by atoms with E-state index in [-0.39, 0.29) is 17.2 Å². The number of benzene rings is 4. The number of phenols is 3. The van der Waals surface area contributed by atoms with Crippen LogP contribution in [-0.2, 0) is 19.3 Å². The van der Waals surface area contributed by atoms with Gasteiger partial charge in [-0.2, -0.15) is 0 Å². The highest BCUT2D eigenvalue weighted by atomic mass is 16.3. The molecule has 0 aromatic heterocycles. The summed E-state index contributed by atoms with van der Waals surface area (Å²) in [5.41, 5.74) is 10.0. The monoisotopic (exact) mass is 480 g/mol. The summed E-state index contributed by atoms with van der Waals surface area (Å²) in [4.78, 5) is 0. The standard InChI is InChI=1S/C33H36O3/c1-4-7-22-19-28(34)10-13-31(22)25-16-26(32-14-11-29(35)20-23(32)8-5-2)18-27(17-25)33-15-12-30(36)21-24(33)9-6-3/h10-21,34-36H,4-9H2,1-3H3. The van der Waals surface area contributed by atoms with E-state index in [1.165, 1.54) is 0 Å². The summed E-state index contributed by atoms with van der Waals surface area (Å²) >= 11 is 0. The van der Waals surface area contributed by atoms with Crippen molar-refractivity contribution in [3.8, 4) is 50.6 Å². The number of rotatable bonds is 9. The van der Waals surface area contributed by atoms with E-state index in [1.54, 1.807) is 18.2 Å². The molecule has 4 aromatic carbocycles. The Balaban J connectivity index is 2.00. The molecule has 0 radical (unpaired) electrons. The largest absolute Gasteiger partial charge is 0.508 e. The zero-order valence-corrected chi connectivity index (χ0v) is 21.5. The van der Waals surface area contributed by atoms with Gasteiger partial charge in [0.15, 0.2) is 0 Å². The molecule has 0 bridgehead atoms. The van der Waals surface area contributed by atoms with E-state index >= 15 is 0 Å². The van der Waals surface area contributed by atoms with Gasteiger partial charge < -0.3 is 15.3 Å². The van der Waals surface area contributed by atoms with Gasteiger partial charge in [-0.3, -0.25) is 0 Å². The summed E-state index contributed by atoms with van der Waals surface area (Å²) in [6.45, 7) is 6.45. The van der Waals surface area contributed by atoms with Crippen molar-refractivity contribution >= 4 is 0 Å². The van der Waals surface area contributed by atoms with Gasteiger partial charge >= 0.3 is 0 Å². The van der Waals surface area contributed by atoms with Crippen LogP contribution in [0.3, 0.4) is 0 Å². The lowest BCUT2D eigenvalue weighted by Crippen LogP contribution is -1.95. The molecule has 0 saturated carbocycles. The minimum Gasteiger partial charge on any atom is -0.508 e. The first-order chi connectivity index (χ1) is 17.4. The molecule has 4 rings (SSSR count). The van der Waals surface area contributed by atoms with Gasteiger partial charge in [-0.05, 0) is 124 Å². The molecule has 0 aliphatic carbocycles. The third-order valence-electron chi connectivity index (χ3n) is 6.69. The SMILES string of the molecule is CCCc1cc(O)ccc1-c1cc(-c2ccc(O)cc2CCC)cc(-c2ccc(O)cc2CCC)c1. The zero-order chi connectivity index (χ0) is 25.7. The molecule has 186 valence electrons. The van der Waals surface area contributed by atoms with Crippen LogP contribution < -0.4 is 0 Å². The zero-order valence-electron chi connectivity index (χ0n) is 21.5. The van der Waals surface area contributed by atoms with Crippen molar-refractivity contribution < 1.29 is 15.3 Å². The van der Waals surface area contributed by atoms with Crippen LogP contribution in [0.1, 0.15) is 56.7 Å². The fourth-order valence-electron chi connectivity index (χ4n) is 5.11. The highest BCUT2D eigenvalue weighted by Gasteiger charge is 2.15. The van der Waals surface area contributed by atoms with Crippen LogP contribution in [0.4, 0.5) is 0 Å². The molecular formula is C33H36O3. The fraction of sp³-hybridized carbons (Fsp3) is 0.273. The number of phenolic OH excluding ortho intramolecular Hbond substituents is 3. The van der Waals surface area contributed by atoms with E-state index in [0.29, 0.717) is 0 Å². The maximum absolute atomic E-state index is 10.2. The van der Waals surface area contributed by atoms with Gasteiger partial charge in [0.2, 0.25) is 0 Å². The summed E-state index contributed by atoms with van der Waals surface area (Å²) in [5, 5.41) is 30.5. The molecule has 0 saturated heterocycles. The lowest BCUT2D eigenvalue weighted by atomic mass is 9.87. The van der Waals surface area contributed by atoms with Crippen LogP contribution in [0.15, 0.2) is 72.8 Å². The minimum absolute atomic E-state index is 0.283. The average molecular weight is 481 g/mol. The second-order valence-corrected chi connectivity index (χ2v) is 9.57. The predicted octanol–water partition coefficient (Wildman–Crippen LogP) is 8.66. The first-order valence-electron chi connectivity index (χ1n) is 13.0. The van der Waals surface area contributed by atoms with Crippen molar-refractivity contribution in [1.82, 2.24) is 0 Å². The molecule has 3 heteroatoms. The lowest BCUT2D eigenvalue weighted by Gasteiger charge is -2.18. The smallest absolute Gasteiger partial charge is 0.115 e. The van der Waals surface area contributed by atoms with Crippen molar-refractivity contribution in [2.75, 3.05) is 0 Å². The first kappa shape index (κ1) is 25.4. The molecule has 0 unspecified atom stereocenters. The molecule has 4 aromatic rings. The van der Waals surface area contributed by atoms with E-state index in [0.717, 1.165) is 88.6 Å². The molecule has 0 atom stereocenters. The summed E-state index contributed by atoms with van der Waals surface area (Å²) in [6, 6.07) is 23.6. The Morgan fingerprint density at radius 2 is 0.694 bits per heavy atom. The molecule has 0 spiro atoms. The van der Waals surface area contributed by atoms with Crippen molar-refractivity contribution in [3.05, 3.63) is 89.5 Å². The van der Waals surface area contributed by atoms with E-state index in [2.05, 4.69) is 39.0 Å². The summed E-state index contributed by atoms with van der Waals surface area (Å²) in [7, 11) is 0. The Bertz CT molecular complexity index is 1180. The van der Waals surface area contributed by atoms with Crippen LogP contribution in [0.25, 0.3) is 33.4 Å². The average Bonchev–Trinajstić information content (AvgIpc) is 2.85. The van der Waals surface area contributed by atoms with Gasteiger partial charge in [-0.25, -0.2) is 0 Å². The van der Waals surface area contributed by atoms with Crippen LogP contribution in [0.2, 0.25) is 0 Å². The highest BCUT2D eigenvalue weighted by Crippen LogP contribution is 2.39. The maximum atomic E-state index is 10.2. The molecule has 0 amide bonds. The number of aromatic hydroxyl groups is 3. The van der Waals surface area contributed by atoms with E-state index < -0.39 is 0 Å². The minimum atomic E-state index is 0.283. The Morgan fingerprint density at radius 1 is 0.417 bits per heavy atom. The van der Waals surface area contributed by atoms with Crippen molar-refractivity contribution in [3.63, 3.8) is 0 Å². The van der Waals surface area contributed by atoms with E-state index in [1.807, 2.05) is 36.4 Å². The normalized spacial score (nSPS) is 11.1. The topological polar surface area (TPSA) is 60.7 Å². The molecule has 36 heavy (non-hydrogen) atoms. The maximum Gasteiger partial charge on any atom is 0.115 e. The van der Waals surface area contributed by atoms with Gasteiger partial charge in [0.1, 0.15) is 17.2 Å². The second-order valence-electron chi connectivity index (χ2n) is 9.57. The summed E-state index contributed by atoms with van der Waals surface area (Å²) in [5.74, 6) is 0.850. The summed E-state index contributed by atoms with van der Waals surface area (Å²) < 4.78 is 0. The molecule has 3 N–H and O–H groups in total. The molecular weight excluding hydrogens is 444 g/mol. The first-order valence-corrected chi connectivity index (χ1v) is 13.0. The molecule has 3 nitrogen and oxygen atoms in total. The molecule has 0 heterocycles. The Hall–Kier alpha value is -3.72. The predicted molar refractivity (Wildman–Crippen MR) is 150 cm³/mol. The Kier molecular flexibility index (Phi) is 8.00. The quantitative estimate of drug-likeness (QED) is 0.225. The van der Waals surface area contributed by atoms with Crippen molar-refractivity contribution in [1.29, 1.82) is 0 Å². The van der Waals surface area contributed by atoms with Gasteiger partial charge in [0.25, 0.3) is 0 Å². The van der Waals surface area contributed by atoms with Crippen LogP contribution in [0, 0.1) is 0 Å². The second kappa shape index (κ2) is 11.3. The Morgan fingerprint density at radius 3 is 0.944 bits per heavy atom. The van der Waals surface area contributed by atoms with Crippen molar-refractivity contribution in [2.45, 2.75) is 59.3 Å². The van der Waals surface area contributed by atoms with Gasteiger partial charge in [-0.1, -0.05) is 58.2 Å². The van der Waals surface area contributed by atoms with Crippen LogP contribution in [-0.4, -0.2) is 15.3 Å². The number of hydrogen-bond acceptors (Lipinski definition) is 3. The van der Waals surface area contributed by atoms with Crippen LogP contribution >= 0.6 is 0 Å². The molecule has 0 fully saturated rings. The van der Waals surface area contributed by atoms with Crippen molar-refractivity contribution in [2.24, 2.45) is 0 Å². The third-order valence-corrected chi connectivity index (χ3v) is 6.69. The third kappa shape index (κ3) is 5.57. The van der Waals surface area contributed by atoms with Gasteiger partial charge in [0.05, 0.1) is 0 Å². The lowest BCUT2D eigenvalue weighted by molar-refractivity contribution is 0.474. The highest BCUT2D eigenvalue weighted by molar-refractivity contribution is 5.84. The van der Waals surface area contributed by atoms with Gasteiger partial charge in [0, 0.05) is 0 Å². The van der Waals surface area contributed by atoms with E-state index in [9.17, 15) is 15.3 Å². The van der Waals surface area contributed by atoms with Crippen LogP contribution in [0.5, 0.6) is 17.2 Å². The summed E-state index contributed by atoms with van der Waals surface area (Å²) in [6.07, 6.45) is 5.60. The van der Waals surface area contributed by atoms with E-state index in [4.69, 9.17) is 0 Å². The Labute approximate surface area is 214 Å². The number of hydrogen-bond donors (Lipinski definition) is 3. The van der Waals surface area contributed by atoms with Gasteiger partial charge in [-0.15, -0.1) is 0 Å².